The Balaban J connectivity index is 1.47. The summed E-state index contributed by atoms with van der Waals surface area (Å²) in [7, 11) is 0. The Kier molecular flexibility index (Phi) is 8.86. The molecule has 5 heteroatoms. The predicted octanol–water partition coefficient (Wildman–Crippen LogP) is 5.75. The number of hydrogen-bond acceptors (Lipinski definition) is 4. The van der Waals surface area contributed by atoms with Crippen LogP contribution < -0.4 is 9.80 Å². The van der Waals surface area contributed by atoms with Crippen molar-refractivity contribution in [3.05, 3.63) is 71.7 Å². The Morgan fingerprint density at radius 1 is 1.00 bits per heavy atom. The number of benzene rings is 2. The molecule has 0 saturated carbocycles. The van der Waals surface area contributed by atoms with E-state index in [4.69, 9.17) is 0 Å². The van der Waals surface area contributed by atoms with Crippen LogP contribution in [0.15, 0.2) is 60.3 Å². The lowest BCUT2D eigenvalue weighted by Crippen LogP contribution is -2.46. The first-order chi connectivity index (χ1) is 15.5. The summed E-state index contributed by atoms with van der Waals surface area (Å²) in [5.41, 5.74) is 4.33. The summed E-state index contributed by atoms with van der Waals surface area (Å²) >= 11 is 0. The number of carbonyl (C=O) groups is 1. The van der Waals surface area contributed by atoms with Gasteiger partial charge in [-0.3, -0.25) is 9.69 Å². The maximum atomic E-state index is 13.2. The first kappa shape index (κ1) is 24.0. The Bertz CT molecular complexity index is 884. The first-order valence-electron chi connectivity index (χ1n) is 11.8. The van der Waals surface area contributed by atoms with E-state index in [1.54, 1.807) is 6.92 Å². The molecule has 0 bridgehead atoms. The molecule has 1 aliphatic heterocycles. The molecule has 32 heavy (non-hydrogen) atoms. The van der Waals surface area contributed by atoms with E-state index in [2.05, 4.69) is 46.8 Å². The van der Waals surface area contributed by atoms with E-state index in [-0.39, 0.29) is 11.6 Å². The van der Waals surface area contributed by atoms with Gasteiger partial charge in [0.25, 0.3) is 0 Å². The first-order valence-corrected chi connectivity index (χ1v) is 11.8. The number of Topliss-reactive ketones (excluding diaryl/α,β-unsaturated/α-hetero) is 1. The molecule has 1 fully saturated rings. The maximum Gasteiger partial charge on any atom is 0.159 e. The summed E-state index contributed by atoms with van der Waals surface area (Å²) in [6.07, 6.45) is 5.44. The van der Waals surface area contributed by atoms with Gasteiger partial charge in [-0.2, -0.15) is 0 Å². The maximum absolute atomic E-state index is 13.2. The van der Waals surface area contributed by atoms with Crippen molar-refractivity contribution in [2.24, 2.45) is 0 Å². The van der Waals surface area contributed by atoms with E-state index in [1.165, 1.54) is 17.8 Å². The van der Waals surface area contributed by atoms with Gasteiger partial charge in [0.1, 0.15) is 5.82 Å². The van der Waals surface area contributed by atoms with Crippen LogP contribution in [-0.2, 0) is 0 Å². The number of anilines is 2. The summed E-state index contributed by atoms with van der Waals surface area (Å²) in [5, 5.41) is 0. The fraction of sp³-hybridized carbons (Fsp3) is 0.444. The minimum atomic E-state index is -0.180. The van der Waals surface area contributed by atoms with Gasteiger partial charge in [0.15, 0.2) is 5.78 Å². The zero-order chi connectivity index (χ0) is 22.9. The quantitative estimate of drug-likeness (QED) is 0.349. The summed E-state index contributed by atoms with van der Waals surface area (Å²) in [5.74, 6) is -0.0789. The van der Waals surface area contributed by atoms with E-state index < -0.39 is 0 Å². The molecule has 2 aromatic rings. The smallest absolute Gasteiger partial charge is 0.159 e. The third-order valence-electron chi connectivity index (χ3n) is 6.30. The Labute approximate surface area is 192 Å². The van der Waals surface area contributed by atoms with E-state index in [0.29, 0.717) is 0 Å². The average Bonchev–Trinajstić information content (AvgIpc) is 2.82. The van der Waals surface area contributed by atoms with Crippen molar-refractivity contribution in [3.63, 3.8) is 0 Å². The van der Waals surface area contributed by atoms with E-state index in [9.17, 15) is 9.18 Å². The Morgan fingerprint density at radius 2 is 1.66 bits per heavy atom. The van der Waals surface area contributed by atoms with Gasteiger partial charge in [0, 0.05) is 55.4 Å². The number of rotatable bonds is 10. The summed E-state index contributed by atoms with van der Waals surface area (Å²) in [4.78, 5) is 18.9. The van der Waals surface area contributed by atoms with Crippen molar-refractivity contribution in [3.8, 4) is 0 Å². The van der Waals surface area contributed by atoms with Crippen molar-refractivity contribution in [1.29, 1.82) is 0 Å². The van der Waals surface area contributed by atoms with Crippen molar-refractivity contribution in [1.82, 2.24) is 4.90 Å². The summed E-state index contributed by atoms with van der Waals surface area (Å²) in [6.45, 7) is 12.0. The van der Waals surface area contributed by atoms with Crippen LogP contribution in [-0.4, -0.2) is 50.0 Å². The van der Waals surface area contributed by atoms with E-state index in [1.807, 2.05) is 24.3 Å². The van der Waals surface area contributed by atoms with Gasteiger partial charge >= 0.3 is 0 Å². The number of unbranched alkanes of at least 4 members (excludes halogenated alkanes) is 1. The third kappa shape index (κ3) is 6.42. The van der Waals surface area contributed by atoms with E-state index >= 15 is 0 Å². The minimum absolute atomic E-state index is 0.101. The minimum Gasteiger partial charge on any atom is -0.369 e. The fourth-order valence-corrected chi connectivity index (χ4v) is 4.35. The van der Waals surface area contributed by atoms with Crippen LogP contribution >= 0.6 is 0 Å². The van der Waals surface area contributed by atoms with E-state index in [0.717, 1.165) is 75.5 Å². The molecule has 0 atom stereocenters. The molecule has 0 N–H and O–H groups in total. The molecule has 3 rings (SSSR count). The molecule has 1 aliphatic rings. The van der Waals surface area contributed by atoms with Gasteiger partial charge < -0.3 is 9.80 Å². The third-order valence-corrected chi connectivity index (χ3v) is 6.30. The van der Waals surface area contributed by atoms with Crippen molar-refractivity contribution < 1.29 is 9.18 Å². The number of allylic oxidation sites excluding steroid dienone is 2. The molecule has 0 aromatic heterocycles. The predicted molar refractivity (Wildman–Crippen MR) is 132 cm³/mol. The highest BCUT2D eigenvalue weighted by molar-refractivity contribution is 5.94. The Morgan fingerprint density at radius 3 is 2.22 bits per heavy atom. The van der Waals surface area contributed by atoms with Crippen LogP contribution in [0.1, 0.15) is 50.4 Å². The number of carbonyl (C=O) groups excluding carboxylic acids is 1. The normalized spacial score (nSPS) is 15.1. The second kappa shape index (κ2) is 11.8. The molecule has 4 nitrogen and oxygen atoms in total. The molecule has 1 heterocycles. The van der Waals surface area contributed by atoms with Gasteiger partial charge in [-0.05, 0) is 88.2 Å². The van der Waals surface area contributed by atoms with Gasteiger partial charge in [0.05, 0.1) is 0 Å². The molecule has 172 valence electrons. The lowest BCUT2D eigenvalue weighted by molar-refractivity contribution is 0.101. The van der Waals surface area contributed by atoms with Crippen molar-refractivity contribution >= 4 is 17.2 Å². The largest absolute Gasteiger partial charge is 0.369 e. The second-order valence-corrected chi connectivity index (χ2v) is 8.40. The number of ketones is 1. The van der Waals surface area contributed by atoms with Crippen molar-refractivity contribution in [2.75, 3.05) is 49.1 Å². The van der Waals surface area contributed by atoms with Crippen LogP contribution in [0.3, 0.4) is 0 Å². The molecular weight excluding hydrogens is 401 g/mol. The van der Waals surface area contributed by atoms with Crippen LogP contribution in [0.2, 0.25) is 0 Å². The molecule has 0 amide bonds. The van der Waals surface area contributed by atoms with Gasteiger partial charge in [-0.15, -0.1) is 0 Å². The van der Waals surface area contributed by atoms with Gasteiger partial charge in [-0.1, -0.05) is 13.0 Å². The van der Waals surface area contributed by atoms with Crippen LogP contribution in [0.25, 0.3) is 0 Å². The highest BCUT2D eigenvalue weighted by atomic mass is 19.1. The fourth-order valence-electron chi connectivity index (χ4n) is 4.35. The number of hydrogen-bond donors (Lipinski definition) is 0. The van der Waals surface area contributed by atoms with Crippen molar-refractivity contribution in [2.45, 2.75) is 40.0 Å². The monoisotopic (exact) mass is 437 g/mol. The van der Waals surface area contributed by atoms with Crippen LogP contribution in [0.4, 0.5) is 15.8 Å². The molecule has 0 unspecified atom stereocenters. The van der Waals surface area contributed by atoms with Crippen LogP contribution in [0, 0.1) is 5.82 Å². The second-order valence-electron chi connectivity index (χ2n) is 8.40. The molecule has 0 aliphatic carbocycles. The SMILES string of the molecule is C/C=C(/CC)N(CCCCN1CCN(c2ccc(F)cc2)CC1)c1ccc(C(C)=O)cc1. The molecule has 0 spiro atoms. The van der Waals surface area contributed by atoms with Crippen LogP contribution in [0.5, 0.6) is 0 Å². The number of nitrogens with zero attached hydrogens (tertiary/aromatic N) is 3. The zero-order valence-electron chi connectivity index (χ0n) is 19.7. The molecule has 0 radical (unpaired) electrons. The topological polar surface area (TPSA) is 26.8 Å². The summed E-state index contributed by atoms with van der Waals surface area (Å²) < 4.78 is 13.2. The standard InChI is InChI=1S/C27H36FN3O/c1-4-25(5-2)31(27-12-8-23(9-13-27)22(3)32)17-7-6-16-29-18-20-30(21-19-29)26-14-10-24(28)11-15-26/h4,8-15H,5-7,16-21H2,1-3H3/b25-4-. The number of piperazine rings is 1. The molecule has 1 saturated heterocycles. The number of halogens is 1. The molecule has 2 aromatic carbocycles. The van der Waals surface area contributed by atoms with Gasteiger partial charge in [0.2, 0.25) is 0 Å². The highest BCUT2D eigenvalue weighted by Gasteiger charge is 2.17. The lowest BCUT2D eigenvalue weighted by Gasteiger charge is -2.36. The highest BCUT2D eigenvalue weighted by Crippen LogP contribution is 2.23. The summed E-state index contributed by atoms with van der Waals surface area (Å²) in [6, 6.07) is 14.8. The molecular formula is C27H36FN3O. The zero-order valence-corrected chi connectivity index (χ0v) is 19.7. The lowest BCUT2D eigenvalue weighted by atomic mass is 10.1. The average molecular weight is 438 g/mol. The Hall–Kier alpha value is -2.66. The van der Waals surface area contributed by atoms with Gasteiger partial charge in [-0.25, -0.2) is 4.39 Å².